The zero-order valence-corrected chi connectivity index (χ0v) is 8.84. The number of amides is 1. The van der Waals surface area contributed by atoms with Crippen molar-refractivity contribution in [2.45, 2.75) is 0 Å². The van der Waals surface area contributed by atoms with Crippen LogP contribution in [0.15, 0.2) is 24.8 Å². The Labute approximate surface area is 92.2 Å². The highest BCUT2D eigenvalue weighted by Gasteiger charge is 2.16. The van der Waals surface area contributed by atoms with Crippen molar-refractivity contribution in [2.75, 3.05) is 19.3 Å². The molecular weight excluding hydrogens is 214 g/mol. The SMILES string of the molecule is C=CCN(C)C(=O)c1cc(F)c(F)cc1N. The summed E-state index contributed by atoms with van der Waals surface area (Å²) in [5, 5.41) is 0. The van der Waals surface area contributed by atoms with E-state index in [9.17, 15) is 13.6 Å². The predicted octanol–water partition coefficient (Wildman–Crippen LogP) is 1.80. The third-order valence-electron chi connectivity index (χ3n) is 2.07. The number of likely N-dealkylation sites (N-methyl/N-ethyl adjacent to an activating group) is 1. The number of nitrogens with zero attached hydrogens (tertiary/aromatic N) is 1. The van der Waals surface area contributed by atoms with Crippen LogP contribution in [0, 0.1) is 11.6 Å². The van der Waals surface area contributed by atoms with Crippen LogP contribution in [0.1, 0.15) is 10.4 Å². The predicted molar refractivity (Wildman–Crippen MR) is 57.9 cm³/mol. The smallest absolute Gasteiger partial charge is 0.256 e. The van der Waals surface area contributed by atoms with Gasteiger partial charge in [0, 0.05) is 25.3 Å². The lowest BCUT2D eigenvalue weighted by molar-refractivity contribution is 0.0810. The van der Waals surface area contributed by atoms with E-state index in [1.54, 1.807) is 0 Å². The summed E-state index contributed by atoms with van der Waals surface area (Å²) >= 11 is 0. The maximum Gasteiger partial charge on any atom is 0.256 e. The Hall–Kier alpha value is -1.91. The fourth-order valence-electron chi connectivity index (χ4n) is 1.23. The van der Waals surface area contributed by atoms with Crippen LogP contribution in [-0.2, 0) is 0 Å². The molecule has 3 nitrogen and oxygen atoms in total. The summed E-state index contributed by atoms with van der Waals surface area (Å²) in [6, 6.07) is 1.59. The van der Waals surface area contributed by atoms with Gasteiger partial charge in [0.2, 0.25) is 0 Å². The molecule has 0 aliphatic heterocycles. The summed E-state index contributed by atoms with van der Waals surface area (Å²) in [6.45, 7) is 3.77. The lowest BCUT2D eigenvalue weighted by Gasteiger charge is -2.16. The minimum atomic E-state index is -1.09. The normalized spacial score (nSPS) is 9.94. The van der Waals surface area contributed by atoms with Crippen molar-refractivity contribution in [3.8, 4) is 0 Å². The van der Waals surface area contributed by atoms with Crippen LogP contribution in [0.4, 0.5) is 14.5 Å². The molecule has 1 aromatic rings. The maximum atomic E-state index is 12.9. The molecule has 5 heteroatoms. The molecule has 16 heavy (non-hydrogen) atoms. The van der Waals surface area contributed by atoms with Gasteiger partial charge in [-0.05, 0) is 6.07 Å². The van der Waals surface area contributed by atoms with Gasteiger partial charge in [-0.15, -0.1) is 6.58 Å². The Balaban J connectivity index is 3.08. The molecule has 0 aromatic heterocycles. The standard InChI is InChI=1S/C11H12F2N2O/c1-3-4-15(2)11(16)7-5-8(12)9(13)6-10(7)14/h3,5-6H,1,4,14H2,2H3. The third kappa shape index (κ3) is 2.36. The summed E-state index contributed by atoms with van der Waals surface area (Å²) in [5.41, 5.74) is 5.31. The van der Waals surface area contributed by atoms with E-state index >= 15 is 0 Å². The van der Waals surface area contributed by atoms with E-state index in [1.807, 2.05) is 0 Å². The van der Waals surface area contributed by atoms with Gasteiger partial charge in [0.1, 0.15) is 0 Å². The highest BCUT2D eigenvalue weighted by molar-refractivity contribution is 5.99. The van der Waals surface area contributed by atoms with Crippen LogP contribution in [0.25, 0.3) is 0 Å². The number of halogens is 2. The summed E-state index contributed by atoms with van der Waals surface area (Å²) in [5.74, 6) is -2.64. The van der Waals surface area contributed by atoms with Crippen LogP contribution < -0.4 is 5.73 Å². The van der Waals surface area contributed by atoms with Crippen molar-refractivity contribution < 1.29 is 13.6 Å². The molecule has 0 heterocycles. The third-order valence-corrected chi connectivity index (χ3v) is 2.07. The number of benzene rings is 1. The van der Waals surface area contributed by atoms with Gasteiger partial charge in [-0.1, -0.05) is 6.08 Å². The van der Waals surface area contributed by atoms with Gasteiger partial charge in [0.25, 0.3) is 5.91 Å². The number of carbonyl (C=O) groups is 1. The molecule has 2 N–H and O–H groups in total. The minimum Gasteiger partial charge on any atom is -0.398 e. The van der Waals surface area contributed by atoms with Crippen LogP contribution >= 0.6 is 0 Å². The molecule has 86 valence electrons. The molecule has 0 saturated carbocycles. The number of nitrogen functional groups attached to an aromatic ring is 1. The quantitative estimate of drug-likeness (QED) is 0.631. The van der Waals surface area contributed by atoms with Crippen LogP contribution in [-0.4, -0.2) is 24.4 Å². The first-order chi connectivity index (χ1) is 7.47. The van der Waals surface area contributed by atoms with E-state index in [0.29, 0.717) is 6.54 Å². The number of carbonyl (C=O) groups excluding carboxylic acids is 1. The molecule has 0 radical (unpaired) electrons. The highest BCUT2D eigenvalue weighted by atomic mass is 19.2. The van der Waals surface area contributed by atoms with E-state index in [2.05, 4.69) is 6.58 Å². The Bertz CT molecular complexity index is 432. The lowest BCUT2D eigenvalue weighted by Crippen LogP contribution is -2.27. The van der Waals surface area contributed by atoms with Gasteiger partial charge in [-0.3, -0.25) is 4.79 Å². The molecule has 0 aliphatic carbocycles. The number of nitrogens with two attached hydrogens (primary N) is 1. The summed E-state index contributed by atoms with van der Waals surface area (Å²) in [6.07, 6.45) is 1.52. The van der Waals surface area contributed by atoms with Gasteiger partial charge in [-0.2, -0.15) is 0 Å². The van der Waals surface area contributed by atoms with Crippen molar-refractivity contribution in [2.24, 2.45) is 0 Å². The zero-order valence-electron chi connectivity index (χ0n) is 8.84. The van der Waals surface area contributed by atoms with E-state index in [-0.39, 0.29) is 11.3 Å². The average molecular weight is 226 g/mol. The van der Waals surface area contributed by atoms with Crippen LogP contribution in [0.2, 0.25) is 0 Å². The molecule has 0 saturated heterocycles. The molecule has 0 fully saturated rings. The second-order valence-corrected chi connectivity index (χ2v) is 3.33. The number of hydrogen-bond acceptors (Lipinski definition) is 2. The van der Waals surface area contributed by atoms with E-state index in [0.717, 1.165) is 12.1 Å². The zero-order chi connectivity index (χ0) is 12.3. The topological polar surface area (TPSA) is 46.3 Å². The van der Waals surface area contributed by atoms with Crippen molar-refractivity contribution in [1.82, 2.24) is 4.90 Å². The first-order valence-corrected chi connectivity index (χ1v) is 4.58. The second-order valence-electron chi connectivity index (χ2n) is 3.33. The minimum absolute atomic E-state index is 0.0525. The van der Waals surface area contributed by atoms with Gasteiger partial charge < -0.3 is 10.6 Å². The Kier molecular flexibility index (Phi) is 3.60. The van der Waals surface area contributed by atoms with Gasteiger partial charge in [0.15, 0.2) is 11.6 Å². The fraction of sp³-hybridized carbons (Fsp3) is 0.182. The Morgan fingerprint density at radius 3 is 2.62 bits per heavy atom. The monoisotopic (exact) mass is 226 g/mol. The van der Waals surface area contributed by atoms with Crippen LogP contribution in [0.5, 0.6) is 0 Å². The fourth-order valence-corrected chi connectivity index (χ4v) is 1.23. The second kappa shape index (κ2) is 4.74. The Morgan fingerprint density at radius 2 is 2.06 bits per heavy atom. The summed E-state index contributed by atoms with van der Waals surface area (Å²) < 4.78 is 25.7. The van der Waals surface area contributed by atoms with Gasteiger partial charge in [0.05, 0.1) is 5.56 Å². The van der Waals surface area contributed by atoms with Crippen molar-refractivity contribution in [3.05, 3.63) is 42.0 Å². The molecule has 0 atom stereocenters. The molecule has 1 aromatic carbocycles. The molecular formula is C11H12F2N2O. The number of hydrogen-bond donors (Lipinski definition) is 1. The maximum absolute atomic E-state index is 12.9. The van der Waals surface area contributed by atoms with E-state index < -0.39 is 17.5 Å². The number of anilines is 1. The molecule has 1 amide bonds. The van der Waals surface area contributed by atoms with E-state index in [1.165, 1.54) is 18.0 Å². The first kappa shape index (κ1) is 12.2. The Morgan fingerprint density at radius 1 is 1.50 bits per heavy atom. The first-order valence-electron chi connectivity index (χ1n) is 4.58. The molecule has 0 aliphatic rings. The van der Waals surface area contributed by atoms with Crippen molar-refractivity contribution in [1.29, 1.82) is 0 Å². The average Bonchev–Trinajstić information content (AvgIpc) is 2.23. The number of rotatable bonds is 3. The van der Waals surface area contributed by atoms with Crippen molar-refractivity contribution in [3.63, 3.8) is 0 Å². The molecule has 0 spiro atoms. The largest absolute Gasteiger partial charge is 0.398 e. The van der Waals surface area contributed by atoms with E-state index in [4.69, 9.17) is 5.73 Å². The summed E-state index contributed by atoms with van der Waals surface area (Å²) in [4.78, 5) is 13.0. The van der Waals surface area contributed by atoms with Crippen molar-refractivity contribution >= 4 is 11.6 Å². The van der Waals surface area contributed by atoms with Gasteiger partial charge >= 0.3 is 0 Å². The summed E-state index contributed by atoms with van der Waals surface area (Å²) in [7, 11) is 1.52. The van der Waals surface area contributed by atoms with Crippen LogP contribution in [0.3, 0.4) is 0 Å². The lowest BCUT2D eigenvalue weighted by atomic mass is 10.1. The highest BCUT2D eigenvalue weighted by Crippen LogP contribution is 2.18. The molecule has 1 rings (SSSR count). The van der Waals surface area contributed by atoms with Gasteiger partial charge in [-0.25, -0.2) is 8.78 Å². The molecule has 0 unspecified atom stereocenters. The molecule has 0 bridgehead atoms.